The highest BCUT2D eigenvalue weighted by Crippen LogP contribution is 2.30. The summed E-state index contributed by atoms with van der Waals surface area (Å²) in [5.41, 5.74) is -0.252. The van der Waals surface area contributed by atoms with Crippen LogP contribution in [0.25, 0.3) is 0 Å². The van der Waals surface area contributed by atoms with Gasteiger partial charge in [-0.2, -0.15) is 30.2 Å². The Kier molecular flexibility index (Phi) is 5.34. The van der Waals surface area contributed by atoms with Crippen molar-refractivity contribution < 1.29 is 26.3 Å². The van der Waals surface area contributed by atoms with Crippen molar-refractivity contribution in [1.82, 2.24) is 8.61 Å². The molecule has 0 spiro atoms. The number of hydrogen-bond donors (Lipinski definition) is 0. The summed E-state index contributed by atoms with van der Waals surface area (Å²) in [6.45, 7) is 0.576. The molecule has 23 heavy (non-hydrogen) atoms. The van der Waals surface area contributed by atoms with Crippen molar-refractivity contribution >= 4 is 10.2 Å². The lowest BCUT2D eigenvalue weighted by Crippen LogP contribution is -2.50. The van der Waals surface area contributed by atoms with E-state index in [9.17, 15) is 21.6 Å². The Morgan fingerprint density at radius 3 is 2.65 bits per heavy atom. The number of alkyl halides is 3. The normalized spacial score (nSPS) is 20.9. The van der Waals surface area contributed by atoms with Gasteiger partial charge in [0.2, 0.25) is 0 Å². The van der Waals surface area contributed by atoms with Crippen molar-refractivity contribution in [2.45, 2.75) is 18.7 Å². The lowest BCUT2D eigenvalue weighted by atomic mass is 10.0. The molecule has 9 heteroatoms. The third-order valence-corrected chi connectivity index (χ3v) is 5.51. The number of halogens is 3. The van der Waals surface area contributed by atoms with Crippen molar-refractivity contribution in [3.63, 3.8) is 0 Å². The molecule has 0 unspecified atom stereocenters. The fourth-order valence-corrected chi connectivity index (χ4v) is 3.52. The number of morpholine rings is 1. The van der Waals surface area contributed by atoms with Gasteiger partial charge in [-0.25, -0.2) is 0 Å². The molecule has 0 saturated carbocycles. The molecule has 0 N–H and O–H groups in total. The molecule has 0 bridgehead atoms. The first-order valence-corrected chi connectivity index (χ1v) is 8.46. The zero-order valence-corrected chi connectivity index (χ0v) is 13.7. The van der Waals surface area contributed by atoms with Gasteiger partial charge in [0.05, 0.1) is 18.3 Å². The summed E-state index contributed by atoms with van der Waals surface area (Å²) >= 11 is 0. The molecule has 0 radical (unpaired) electrons. The van der Waals surface area contributed by atoms with E-state index in [2.05, 4.69) is 0 Å². The minimum Gasteiger partial charge on any atom is -0.375 e. The average molecular weight is 352 g/mol. The summed E-state index contributed by atoms with van der Waals surface area (Å²) in [6, 6.07) is 5.00. The van der Waals surface area contributed by atoms with Crippen LogP contribution in [0.3, 0.4) is 0 Å². The average Bonchev–Trinajstić information content (AvgIpc) is 2.47. The molecule has 1 fully saturated rings. The van der Waals surface area contributed by atoms with Crippen LogP contribution >= 0.6 is 0 Å². The summed E-state index contributed by atoms with van der Waals surface area (Å²) in [5.74, 6) is 0. The Morgan fingerprint density at radius 2 is 2.04 bits per heavy atom. The molecule has 1 aliphatic heterocycles. The van der Waals surface area contributed by atoms with Crippen LogP contribution < -0.4 is 0 Å². The first-order chi connectivity index (χ1) is 10.6. The van der Waals surface area contributed by atoms with Crippen LogP contribution in [0, 0.1) is 0 Å². The fourth-order valence-electron chi connectivity index (χ4n) is 2.39. The topological polar surface area (TPSA) is 49.9 Å². The van der Waals surface area contributed by atoms with Gasteiger partial charge in [0.25, 0.3) is 10.2 Å². The van der Waals surface area contributed by atoms with Crippen LogP contribution in [-0.2, 0) is 27.5 Å². The zero-order chi connectivity index (χ0) is 17.3. The van der Waals surface area contributed by atoms with E-state index in [-0.39, 0.29) is 26.1 Å². The molecule has 1 aromatic carbocycles. The van der Waals surface area contributed by atoms with Crippen molar-refractivity contribution in [2.75, 3.05) is 33.8 Å². The van der Waals surface area contributed by atoms with Crippen LogP contribution in [0.4, 0.5) is 13.2 Å². The highest BCUT2D eigenvalue weighted by molar-refractivity contribution is 7.86. The third-order valence-electron chi connectivity index (χ3n) is 3.61. The van der Waals surface area contributed by atoms with Crippen LogP contribution in [0.15, 0.2) is 24.3 Å². The van der Waals surface area contributed by atoms with E-state index in [0.717, 1.165) is 16.4 Å². The summed E-state index contributed by atoms with van der Waals surface area (Å²) < 4.78 is 70.3. The van der Waals surface area contributed by atoms with E-state index in [4.69, 9.17) is 4.74 Å². The second kappa shape index (κ2) is 6.76. The number of rotatable bonds is 4. The third kappa shape index (κ3) is 4.43. The Labute approximate surface area is 133 Å². The molecule has 0 aromatic heterocycles. The Balaban J connectivity index is 2.09. The van der Waals surface area contributed by atoms with Crippen LogP contribution in [0.5, 0.6) is 0 Å². The van der Waals surface area contributed by atoms with Crippen molar-refractivity contribution in [1.29, 1.82) is 0 Å². The summed E-state index contributed by atoms with van der Waals surface area (Å²) in [5, 5.41) is 0. The van der Waals surface area contributed by atoms with Gasteiger partial charge in [0.1, 0.15) is 0 Å². The minimum atomic E-state index is -4.40. The van der Waals surface area contributed by atoms with Gasteiger partial charge in [-0.05, 0) is 18.1 Å². The van der Waals surface area contributed by atoms with Crippen LogP contribution in [0.1, 0.15) is 11.1 Å². The molecule has 1 aliphatic rings. The maximum absolute atomic E-state index is 12.7. The van der Waals surface area contributed by atoms with E-state index >= 15 is 0 Å². The molecule has 1 aromatic rings. The maximum Gasteiger partial charge on any atom is 0.416 e. The zero-order valence-electron chi connectivity index (χ0n) is 12.9. The molecule has 5 nitrogen and oxygen atoms in total. The Hall–Kier alpha value is -1.16. The van der Waals surface area contributed by atoms with Gasteiger partial charge < -0.3 is 4.74 Å². The van der Waals surface area contributed by atoms with Gasteiger partial charge in [-0.3, -0.25) is 0 Å². The van der Waals surface area contributed by atoms with Crippen LogP contribution in [0.2, 0.25) is 0 Å². The molecular weight excluding hydrogens is 333 g/mol. The lowest BCUT2D eigenvalue weighted by Gasteiger charge is -2.33. The van der Waals surface area contributed by atoms with E-state index in [1.807, 2.05) is 0 Å². The smallest absolute Gasteiger partial charge is 0.375 e. The number of hydrogen-bond acceptors (Lipinski definition) is 3. The van der Waals surface area contributed by atoms with Gasteiger partial charge >= 0.3 is 6.18 Å². The molecule has 130 valence electrons. The van der Waals surface area contributed by atoms with E-state index in [0.29, 0.717) is 5.56 Å². The van der Waals surface area contributed by atoms with Crippen molar-refractivity contribution in [3.8, 4) is 0 Å². The van der Waals surface area contributed by atoms with Gasteiger partial charge in [-0.15, -0.1) is 0 Å². The first-order valence-electron chi connectivity index (χ1n) is 7.06. The van der Waals surface area contributed by atoms with E-state index < -0.39 is 28.1 Å². The minimum absolute atomic E-state index is 0.122. The van der Waals surface area contributed by atoms with Gasteiger partial charge in [0, 0.05) is 27.2 Å². The van der Waals surface area contributed by atoms with Gasteiger partial charge in [-0.1, -0.05) is 18.2 Å². The molecule has 1 atom stereocenters. The number of ether oxygens (including phenoxy) is 1. The molecular formula is C14H19F3N2O3S. The first kappa shape index (κ1) is 18.2. The fraction of sp³-hybridized carbons (Fsp3) is 0.571. The highest BCUT2D eigenvalue weighted by atomic mass is 32.2. The quantitative estimate of drug-likeness (QED) is 0.830. The standard InChI is InChI=1S/C14H19F3N2O3S/c1-18(2)23(20,21)19-6-7-22-13(10-19)9-11-4-3-5-12(8-11)14(15,16)17/h3-5,8,13H,6-7,9-10H2,1-2H3/t13-/m0/s1. The molecule has 1 saturated heterocycles. The molecule has 2 rings (SSSR count). The maximum atomic E-state index is 12.7. The number of benzene rings is 1. The Morgan fingerprint density at radius 1 is 1.35 bits per heavy atom. The second-order valence-corrected chi connectivity index (χ2v) is 7.69. The predicted octanol–water partition coefficient (Wildman–Crippen LogP) is 1.76. The molecule has 1 heterocycles. The van der Waals surface area contributed by atoms with E-state index in [1.165, 1.54) is 24.5 Å². The summed E-state index contributed by atoms with van der Waals surface area (Å²) in [6.07, 6.45) is -4.64. The van der Waals surface area contributed by atoms with Gasteiger partial charge in [0.15, 0.2) is 0 Å². The monoisotopic (exact) mass is 352 g/mol. The Bertz CT molecular complexity index is 647. The largest absolute Gasteiger partial charge is 0.416 e. The highest BCUT2D eigenvalue weighted by Gasteiger charge is 2.32. The van der Waals surface area contributed by atoms with Crippen LogP contribution in [-0.4, -0.2) is 56.9 Å². The summed E-state index contributed by atoms with van der Waals surface area (Å²) in [4.78, 5) is 0. The van der Waals surface area contributed by atoms with Crippen molar-refractivity contribution in [2.24, 2.45) is 0 Å². The number of nitrogens with zero attached hydrogens (tertiary/aromatic N) is 2. The lowest BCUT2D eigenvalue weighted by molar-refractivity contribution is -0.137. The predicted molar refractivity (Wildman–Crippen MR) is 79.1 cm³/mol. The second-order valence-electron chi connectivity index (χ2n) is 5.54. The molecule has 0 amide bonds. The molecule has 0 aliphatic carbocycles. The van der Waals surface area contributed by atoms with E-state index in [1.54, 1.807) is 6.07 Å². The SMILES string of the molecule is CN(C)S(=O)(=O)N1CCO[C@@H](Cc2cccc(C(F)(F)F)c2)C1. The van der Waals surface area contributed by atoms with Crippen molar-refractivity contribution in [3.05, 3.63) is 35.4 Å². The summed E-state index contributed by atoms with van der Waals surface area (Å²) in [7, 11) is -0.676.